The highest BCUT2D eigenvalue weighted by molar-refractivity contribution is 14.1. The van der Waals surface area contributed by atoms with Crippen molar-refractivity contribution in [3.63, 3.8) is 0 Å². The number of anilines is 1. The molecule has 0 amide bonds. The van der Waals surface area contributed by atoms with E-state index in [-0.39, 0.29) is 9.33 Å². The Hall–Kier alpha value is -0.780. The van der Waals surface area contributed by atoms with Crippen molar-refractivity contribution >= 4 is 32.1 Å². The van der Waals surface area contributed by atoms with Gasteiger partial charge in [0.05, 0.1) is 12.7 Å². The Balaban J connectivity index is 3.07. The molecular weight excluding hydrogens is 317 g/mol. The van der Waals surface area contributed by atoms with Crippen LogP contribution in [0.3, 0.4) is 0 Å². The van der Waals surface area contributed by atoms with Crippen molar-refractivity contribution in [1.82, 2.24) is 0 Å². The van der Waals surface area contributed by atoms with Crippen LogP contribution in [-0.2, 0) is 0 Å². The third-order valence-corrected chi connectivity index (χ3v) is 2.51. The standard InChI is InChI=1S/C12H16INO2/c1-12(2,3)14-8-5-6-10(16-4)9(7-8)11(13)15/h5-7,14H,1-4H3. The van der Waals surface area contributed by atoms with Crippen molar-refractivity contribution in [3.8, 4) is 5.75 Å². The van der Waals surface area contributed by atoms with Crippen LogP contribution in [0.4, 0.5) is 5.69 Å². The van der Waals surface area contributed by atoms with Gasteiger partial charge >= 0.3 is 0 Å². The van der Waals surface area contributed by atoms with Crippen molar-refractivity contribution in [2.75, 3.05) is 12.4 Å². The van der Waals surface area contributed by atoms with E-state index in [1.54, 1.807) is 35.8 Å². The van der Waals surface area contributed by atoms with Crippen LogP contribution >= 0.6 is 22.6 Å². The van der Waals surface area contributed by atoms with Crippen molar-refractivity contribution in [2.24, 2.45) is 0 Å². The molecule has 0 radical (unpaired) electrons. The van der Waals surface area contributed by atoms with Gasteiger partial charge in [0.2, 0.25) is 3.79 Å². The maximum Gasteiger partial charge on any atom is 0.226 e. The van der Waals surface area contributed by atoms with Crippen LogP contribution in [0.25, 0.3) is 0 Å². The fraction of sp³-hybridized carbons (Fsp3) is 0.417. The Labute approximate surface area is 110 Å². The zero-order chi connectivity index (χ0) is 12.3. The summed E-state index contributed by atoms with van der Waals surface area (Å²) >= 11 is 1.76. The first-order valence-corrected chi connectivity index (χ1v) is 6.07. The maximum atomic E-state index is 11.4. The van der Waals surface area contributed by atoms with Gasteiger partial charge in [-0.2, -0.15) is 0 Å². The first kappa shape index (κ1) is 13.3. The number of hydrogen-bond acceptors (Lipinski definition) is 3. The normalized spacial score (nSPS) is 11.1. The van der Waals surface area contributed by atoms with Crippen LogP contribution in [0.2, 0.25) is 0 Å². The Morgan fingerprint density at radius 3 is 2.44 bits per heavy atom. The summed E-state index contributed by atoms with van der Waals surface area (Å²) in [5.41, 5.74) is 1.49. The fourth-order valence-electron chi connectivity index (χ4n) is 1.37. The highest BCUT2D eigenvalue weighted by Gasteiger charge is 2.13. The van der Waals surface area contributed by atoms with Crippen LogP contribution < -0.4 is 10.1 Å². The summed E-state index contributed by atoms with van der Waals surface area (Å²) in [5.74, 6) is 0.610. The Morgan fingerprint density at radius 2 is 2.00 bits per heavy atom. The van der Waals surface area contributed by atoms with E-state index in [1.807, 2.05) is 12.1 Å². The number of rotatable bonds is 3. The summed E-state index contributed by atoms with van der Waals surface area (Å²) in [5, 5.41) is 3.32. The lowest BCUT2D eigenvalue weighted by Gasteiger charge is -2.22. The molecule has 1 aromatic rings. The number of methoxy groups -OCH3 is 1. The number of carbonyl (C=O) groups excluding carboxylic acids is 1. The third kappa shape index (κ3) is 3.66. The summed E-state index contributed by atoms with van der Waals surface area (Å²) < 4.78 is 5.12. The monoisotopic (exact) mass is 333 g/mol. The lowest BCUT2D eigenvalue weighted by molar-refractivity contribution is 0.110. The molecule has 0 unspecified atom stereocenters. The van der Waals surface area contributed by atoms with Crippen LogP contribution in [0.1, 0.15) is 31.1 Å². The molecule has 0 saturated heterocycles. The number of hydrogen-bond donors (Lipinski definition) is 1. The van der Waals surface area contributed by atoms with Crippen molar-refractivity contribution in [3.05, 3.63) is 23.8 Å². The van der Waals surface area contributed by atoms with Gasteiger partial charge in [-0.3, -0.25) is 4.79 Å². The zero-order valence-corrected chi connectivity index (χ0v) is 12.1. The molecule has 0 bridgehead atoms. The summed E-state index contributed by atoms with van der Waals surface area (Å²) in [6.45, 7) is 6.22. The average Bonchev–Trinajstić information content (AvgIpc) is 2.15. The SMILES string of the molecule is COc1ccc(NC(C)(C)C)cc1C(=O)I. The molecule has 3 nitrogen and oxygen atoms in total. The third-order valence-electron chi connectivity index (χ3n) is 1.93. The minimum Gasteiger partial charge on any atom is -0.496 e. The molecule has 88 valence electrons. The van der Waals surface area contributed by atoms with E-state index in [2.05, 4.69) is 26.1 Å². The molecule has 4 heteroatoms. The molecule has 1 N–H and O–H groups in total. The molecule has 0 atom stereocenters. The smallest absolute Gasteiger partial charge is 0.226 e. The van der Waals surface area contributed by atoms with Gasteiger partial charge < -0.3 is 10.1 Å². The van der Waals surface area contributed by atoms with Gasteiger partial charge in [0.25, 0.3) is 0 Å². The van der Waals surface area contributed by atoms with Gasteiger partial charge in [0, 0.05) is 33.8 Å². The lowest BCUT2D eigenvalue weighted by atomic mass is 10.1. The Kier molecular flexibility index (Phi) is 4.18. The molecule has 0 fully saturated rings. The van der Waals surface area contributed by atoms with Gasteiger partial charge in [-0.05, 0) is 39.0 Å². The summed E-state index contributed by atoms with van der Waals surface area (Å²) in [4.78, 5) is 11.4. The molecule has 0 aliphatic heterocycles. The molecule has 0 spiro atoms. The number of ether oxygens (including phenoxy) is 1. The van der Waals surface area contributed by atoms with Gasteiger partial charge in [0.1, 0.15) is 5.75 Å². The fourth-order valence-corrected chi connectivity index (χ4v) is 1.79. The van der Waals surface area contributed by atoms with Crippen LogP contribution in [0, 0.1) is 0 Å². The van der Waals surface area contributed by atoms with Gasteiger partial charge in [0.15, 0.2) is 0 Å². The Morgan fingerprint density at radius 1 is 1.38 bits per heavy atom. The van der Waals surface area contributed by atoms with Crippen molar-refractivity contribution < 1.29 is 9.53 Å². The van der Waals surface area contributed by atoms with E-state index in [0.29, 0.717) is 11.3 Å². The molecule has 0 aromatic heterocycles. The number of nitrogens with one attached hydrogen (secondary N) is 1. The zero-order valence-electron chi connectivity index (χ0n) is 9.93. The van der Waals surface area contributed by atoms with E-state index in [4.69, 9.17) is 4.74 Å². The highest BCUT2D eigenvalue weighted by Crippen LogP contribution is 2.26. The molecule has 0 aliphatic carbocycles. The molecule has 16 heavy (non-hydrogen) atoms. The van der Waals surface area contributed by atoms with Crippen LogP contribution in [0.5, 0.6) is 5.75 Å². The van der Waals surface area contributed by atoms with E-state index in [9.17, 15) is 4.79 Å². The van der Waals surface area contributed by atoms with Crippen molar-refractivity contribution in [1.29, 1.82) is 0 Å². The van der Waals surface area contributed by atoms with E-state index in [0.717, 1.165) is 5.69 Å². The predicted octanol–water partition coefficient (Wildman–Crippen LogP) is 3.48. The molecule has 1 rings (SSSR count). The second-order valence-electron chi connectivity index (χ2n) is 4.56. The second kappa shape index (κ2) is 5.03. The van der Waals surface area contributed by atoms with E-state index in [1.165, 1.54) is 0 Å². The largest absolute Gasteiger partial charge is 0.496 e. The number of carbonyl (C=O) groups is 1. The summed E-state index contributed by atoms with van der Waals surface area (Å²) in [7, 11) is 1.56. The second-order valence-corrected chi connectivity index (χ2v) is 5.54. The van der Waals surface area contributed by atoms with Gasteiger partial charge in [-0.15, -0.1) is 0 Å². The quantitative estimate of drug-likeness (QED) is 0.680. The summed E-state index contributed by atoms with van der Waals surface area (Å²) in [6.07, 6.45) is 0. The average molecular weight is 333 g/mol. The van der Waals surface area contributed by atoms with Crippen LogP contribution in [-0.4, -0.2) is 16.4 Å². The van der Waals surface area contributed by atoms with Gasteiger partial charge in [-0.25, -0.2) is 0 Å². The van der Waals surface area contributed by atoms with Crippen LogP contribution in [0.15, 0.2) is 18.2 Å². The predicted molar refractivity (Wildman–Crippen MR) is 74.7 cm³/mol. The highest BCUT2D eigenvalue weighted by atomic mass is 127. The van der Waals surface area contributed by atoms with Gasteiger partial charge in [-0.1, -0.05) is 0 Å². The molecule has 0 saturated carbocycles. The van der Waals surface area contributed by atoms with E-state index >= 15 is 0 Å². The van der Waals surface area contributed by atoms with E-state index < -0.39 is 0 Å². The molecule has 0 heterocycles. The first-order chi connectivity index (χ1) is 7.33. The first-order valence-electron chi connectivity index (χ1n) is 4.99. The Bertz CT molecular complexity index is 396. The minimum atomic E-state index is -0.0276. The molecule has 0 aliphatic rings. The maximum absolute atomic E-state index is 11.4. The lowest BCUT2D eigenvalue weighted by Crippen LogP contribution is -2.26. The molecular formula is C12H16INO2. The molecule has 1 aromatic carbocycles. The summed E-state index contributed by atoms with van der Waals surface area (Å²) in [6, 6.07) is 5.53. The number of benzene rings is 1. The number of halogens is 1. The topological polar surface area (TPSA) is 38.3 Å². The van der Waals surface area contributed by atoms with Crippen molar-refractivity contribution in [2.45, 2.75) is 26.3 Å². The minimum absolute atomic E-state index is 0.0213.